The topological polar surface area (TPSA) is 116 Å². The molecule has 0 spiro atoms. The van der Waals surface area contributed by atoms with Crippen LogP contribution < -0.4 is 15.4 Å². The summed E-state index contributed by atoms with van der Waals surface area (Å²) in [4.78, 5) is 26.6. The number of nitrogens with zero attached hydrogens (tertiary/aromatic N) is 3. The normalized spacial score (nSPS) is 20.8. The van der Waals surface area contributed by atoms with E-state index in [0.29, 0.717) is 30.0 Å². The van der Waals surface area contributed by atoms with E-state index in [2.05, 4.69) is 32.7 Å². The lowest BCUT2D eigenvalue weighted by Gasteiger charge is -2.28. The summed E-state index contributed by atoms with van der Waals surface area (Å²) in [5.74, 6) is 6.05. The number of rotatable bonds is 6. The SMILES string of the molecule is COc1ccc2c(c1)C(O)N(CC1(C#Cc3ccc(CN=Nc4ccccc4)cc3)NC(=O)NC1=O)C2. The van der Waals surface area contributed by atoms with Crippen LogP contribution in [-0.2, 0) is 17.9 Å². The summed E-state index contributed by atoms with van der Waals surface area (Å²) in [5.41, 5.74) is 2.53. The van der Waals surface area contributed by atoms with Gasteiger partial charge in [-0.25, -0.2) is 4.79 Å². The van der Waals surface area contributed by atoms with Gasteiger partial charge < -0.3 is 15.2 Å². The Labute approximate surface area is 214 Å². The van der Waals surface area contributed by atoms with Gasteiger partial charge in [0, 0.05) is 24.2 Å². The molecule has 3 aromatic carbocycles. The molecule has 2 aliphatic heterocycles. The highest BCUT2D eigenvalue weighted by molar-refractivity contribution is 6.09. The van der Waals surface area contributed by atoms with Crippen molar-refractivity contribution in [2.45, 2.75) is 24.9 Å². The zero-order valence-corrected chi connectivity index (χ0v) is 20.1. The van der Waals surface area contributed by atoms with E-state index in [1.54, 1.807) is 18.1 Å². The lowest BCUT2D eigenvalue weighted by atomic mass is 9.99. The van der Waals surface area contributed by atoms with Gasteiger partial charge in [0.1, 0.15) is 12.0 Å². The number of hydrogen-bond acceptors (Lipinski definition) is 7. The molecule has 1 saturated heterocycles. The van der Waals surface area contributed by atoms with E-state index in [9.17, 15) is 14.7 Å². The highest BCUT2D eigenvalue weighted by Gasteiger charge is 2.48. The highest BCUT2D eigenvalue weighted by Crippen LogP contribution is 2.35. The number of fused-ring (bicyclic) bond motifs is 1. The third-order valence-electron chi connectivity index (χ3n) is 6.30. The van der Waals surface area contributed by atoms with Gasteiger partial charge in [-0.1, -0.05) is 48.2 Å². The summed E-state index contributed by atoms with van der Waals surface area (Å²) in [7, 11) is 1.56. The van der Waals surface area contributed by atoms with Gasteiger partial charge in [0.2, 0.25) is 0 Å². The maximum absolute atomic E-state index is 12.8. The Balaban J connectivity index is 1.31. The molecule has 0 radical (unpaired) electrons. The second-order valence-corrected chi connectivity index (χ2v) is 8.84. The zero-order valence-electron chi connectivity index (χ0n) is 20.1. The van der Waals surface area contributed by atoms with E-state index >= 15 is 0 Å². The number of hydrogen-bond donors (Lipinski definition) is 3. The fourth-order valence-corrected chi connectivity index (χ4v) is 4.33. The number of benzene rings is 3. The van der Waals surface area contributed by atoms with E-state index in [-0.39, 0.29) is 6.54 Å². The van der Waals surface area contributed by atoms with Crippen LogP contribution in [0.3, 0.4) is 0 Å². The fraction of sp³-hybridized carbons (Fsp3) is 0.214. The lowest BCUT2D eigenvalue weighted by Crippen LogP contribution is -2.54. The number of carbonyl (C=O) groups excluding carboxylic acids is 2. The van der Waals surface area contributed by atoms with Crippen LogP contribution in [0.2, 0.25) is 0 Å². The molecule has 3 amide bonds. The van der Waals surface area contributed by atoms with Crippen molar-refractivity contribution < 1.29 is 19.4 Å². The number of urea groups is 1. The van der Waals surface area contributed by atoms with Crippen LogP contribution in [0.25, 0.3) is 0 Å². The Kier molecular flexibility index (Phi) is 6.68. The predicted molar refractivity (Wildman–Crippen MR) is 136 cm³/mol. The number of ether oxygens (including phenoxy) is 1. The monoisotopic (exact) mass is 495 g/mol. The lowest BCUT2D eigenvalue weighted by molar-refractivity contribution is -0.123. The molecule has 1 fully saturated rings. The van der Waals surface area contributed by atoms with Crippen molar-refractivity contribution in [3.05, 3.63) is 95.1 Å². The van der Waals surface area contributed by atoms with Crippen LogP contribution >= 0.6 is 0 Å². The van der Waals surface area contributed by atoms with Gasteiger partial charge in [0.15, 0.2) is 5.54 Å². The van der Waals surface area contributed by atoms with E-state index in [0.717, 1.165) is 16.8 Å². The molecule has 3 N–H and O–H groups in total. The molecule has 0 bridgehead atoms. The Morgan fingerprint density at radius 2 is 1.89 bits per heavy atom. The molecular weight excluding hydrogens is 470 g/mol. The number of amides is 3. The second-order valence-electron chi connectivity index (χ2n) is 8.84. The summed E-state index contributed by atoms with van der Waals surface area (Å²) in [6, 6.07) is 21.8. The average Bonchev–Trinajstić information content (AvgIpc) is 3.37. The van der Waals surface area contributed by atoms with Crippen molar-refractivity contribution in [3.8, 4) is 17.6 Å². The molecular formula is C28H25N5O4. The first kappa shape index (κ1) is 24.2. The van der Waals surface area contributed by atoms with Crippen molar-refractivity contribution in [1.29, 1.82) is 0 Å². The number of methoxy groups -OCH3 is 1. The number of aliphatic hydroxyl groups is 1. The van der Waals surface area contributed by atoms with Crippen LogP contribution in [0.1, 0.15) is 28.5 Å². The molecule has 2 atom stereocenters. The first-order valence-corrected chi connectivity index (χ1v) is 11.7. The maximum atomic E-state index is 12.8. The van der Waals surface area contributed by atoms with Gasteiger partial charge in [-0.3, -0.25) is 15.0 Å². The van der Waals surface area contributed by atoms with Crippen molar-refractivity contribution >= 4 is 17.6 Å². The average molecular weight is 496 g/mol. The minimum atomic E-state index is -1.51. The molecule has 2 heterocycles. The second kappa shape index (κ2) is 10.2. The van der Waals surface area contributed by atoms with E-state index in [1.165, 1.54) is 0 Å². The number of azo groups is 1. The van der Waals surface area contributed by atoms with Crippen molar-refractivity contribution in [2.75, 3.05) is 13.7 Å². The van der Waals surface area contributed by atoms with E-state index in [4.69, 9.17) is 4.74 Å². The summed E-state index contributed by atoms with van der Waals surface area (Å²) >= 11 is 0. The fourth-order valence-electron chi connectivity index (χ4n) is 4.33. The molecule has 0 saturated carbocycles. The van der Waals surface area contributed by atoms with E-state index in [1.807, 2.05) is 66.7 Å². The summed E-state index contributed by atoms with van der Waals surface area (Å²) in [5, 5.41) is 24.3. The molecule has 3 aromatic rings. The minimum Gasteiger partial charge on any atom is -0.497 e. The first-order valence-electron chi connectivity index (χ1n) is 11.7. The van der Waals surface area contributed by atoms with E-state index < -0.39 is 23.7 Å². The molecule has 9 heteroatoms. The Bertz CT molecular complexity index is 1410. The van der Waals surface area contributed by atoms with Crippen molar-refractivity contribution in [3.63, 3.8) is 0 Å². The quantitative estimate of drug-likeness (QED) is 0.275. The zero-order chi connectivity index (χ0) is 25.8. The van der Waals surface area contributed by atoms with Crippen LogP contribution in [-0.4, -0.2) is 41.1 Å². The van der Waals surface area contributed by atoms with Gasteiger partial charge >= 0.3 is 6.03 Å². The molecule has 9 nitrogen and oxygen atoms in total. The Hall–Kier alpha value is -4.52. The molecule has 186 valence electrons. The third kappa shape index (κ3) is 5.21. The van der Waals surface area contributed by atoms with Gasteiger partial charge in [0.05, 0.1) is 19.3 Å². The first-order chi connectivity index (χ1) is 18.0. The van der Waals surface area contributed by atoms with Gasteiger partial charge in [0.25, 0.3) is 5.91 Å². The molecule has 37 heavy (non-hydrogen) atoms. The number of imide groups is 1. The van der Waals surface area contributed by atoms with Gasteiger partial charge in [-0.2, -0.15) is 10.2 Å². The Morgan fingerprint density at radius 1 is 1.11 bits per heavy atom. The maximum Gasteiger partial charge on any atom is 0.323 e. The van der Waals surface area contributed by atoms with Crippen LogP contribution in [0.5, 0.6) is 5.75 Å². The number of aliphatic hydroxyl groups excluding tert-OH is 1. The van der Waals surface area contributed by atoms with Crippen molar-refractivity contribution in [2.24, 2.45) is 10.2 Å². The summed E-state index contributed by atoms with van der Waals surface area (Å²) < 4.78 is 5.26. The highest BCUT2D eigenvalue weighted by atomic mass is 16.5. The number of nitrogens with one attached hydrogen (secondary N) is 2. The van der Waals surface area contributed by atoms with Crippen LogP contribution in [0, 0.1) is 11.8 Å². The smallest absolute Gasteiger partial charge is 0.323 e. The largest absolute Gasteiger partial charge is 0.497 e. The van der Waals surface area contributed by atoms with Gasteiger partial charge in [-0.05, 0) is 47.5 Å². The molecule has 2 aliphatic rings. The summed E-state index contributed by atoms with van der Waals surface area (Å²) in [6.45, 7) is 0.830. The van der Waals surface area contributed by atoms with Crippen molar-refractivity contribution in [1.82, 2.24) is 15.5 Å². The molecule has 0 aromatic heterocycles. The van der Waals surface area contributed by atoms with Crippen LogP contribution in [0.15, 0.2) is 83.0 Å². The number of carbonyl (C=O) groups is 2. The molecule has 2 unspecified atom stereocenters. The molecule has 0 aliphatic carbocycles. The van der Waals surface area contributed by atoms with Crippen LogP contribution in [0.4, 0.5) is 10.5 Å². The van der Waals surface area contributed by atoms with Gasteiger partial charge in [-0.15, -0.1) is 0 Å². The molecule has 5 rings (SSSR count). The summed E-state index contributed by atoms with van der Waals surface area (Å²) in [6.07, 6.45) is -0.960. The minimum absolute atomic E-state index is 0.00763. The predicted octanol–water partition coefficient (Wildman–Crippen LogP) is 3.42. The Morgan fingerprint density at radius 3 is 2.59 bits per heavy atom. The standard InChI is InChI=1S/C28H25N5O4/c1-37-23-12-11-21-17-33(25(34)24(21)15-23)18-28(26(35)30-27(36)31-28)14-13-19-7-9-20(10-8-19)16-29-32-22-5-3-2-4-6-22/h2-12,15,25,34H,16-18H2,1H3,(H2,30,31,35,36). The third-order valence-corrected chi connectivity index (χ3v) is 6.30.